The van der Waals surface area contributed by atoms with Crippen LogP contribution in [0.3, 0.4) is 0 Å². The van der Waals surface area contributed by atoms with E-state index in [1.165, 1.54) is 6.08 Å². The number of fused-ring (bicyclic) bond motifs is 1. The molecule has 1 N–H and O–H groups in total. The van der Waals surface area contributed by atoms with Crippen molar-refractivity contribution >= 4 is 11.8 Å². The first kappa shape index (κ1) is 15.0. The topological polar surface area (TPSA) is 54.4 Å². The van der Waals surface area contributed by atoms with Gasteiger partial charge in [0.25, 0.3) is 0 Å². The van der Waals surface area contributed by atoms with E-state index in [1.54, 1.807) is 6.08 Å². The van der Waals surface area contributed by atoms with Crippen molar-refractivity contribution in [2.75, 3.05) is 0 Å². The monoisotopic (exact) mass is 276 g/mol. The summed E-state index contributed by atoms with van der Waals surface area (Å²) in [5, 5.41) is 8.94. The minimum absolute atomic E-state index is 0.0119. The second-order valence-electron chi connectivity index (χ2n) is 6.95. The van der Waals surface area contributed by atoms with Gasteiger partial charge < -0.3 is 5.11 Å². The van der Waals surface area contributed by atoms with Gasteiger partial charge in [-0.25, -0.2) is 4.79 Å². The van der Waals surface area contributed by atoms with Crippen LogP contribution < -0.4 is 0 Å². The highest BCUT2D eigenvalue weighted by atomic mass is 16.4. The van der Waals surface area contributed by atoms with Gasteiger partial charge in [0.15, 0.2) is 5.78 Å². The van der Waals surface area contributed by atoms with E-state index in [-0.39, 0.29) is 22.5 Å². The van der Waals surface area contributed by atoms with Gasteiger partial charge in [0.05, 0.1) is 0 Å². The Morgan fingerprint density at radius 2 is 2.10 bits per heavy atom. The van der Waals surface area contributed by atoms with Gasteiger partial charge >= 0.3 is 5.97 Å². The van der Waals surface area contributed by atoms with E-state index >= 15 is 0 Å². The molecule has 0 bridgehead atoms. The minimum Gasteiger partial charge on any atom is -0.478 e. The van der Waals surface area contributed by atoms with Crippen molar-refractivity contribution in [1.29, 1.82) is 0 Å². The molecular formula is C17H24O3. The summed E-state index contributed by atoms with van der Waals surface area (Å²) < 4.78 is 0. The summed E-state index contributed by atoms with van der Waals surface area (Å²) in [5.74, 6) is -0.171. The number of aliphatic carboxylic acids is 1. The van der Waals surface area contributed by atoms with Crippen LogP contribution in [0.5, 0.6) is 0 Å². The number of carbonyl (C=O) groups excluding carboxylic acids is 1. The lowest BCUT2D eigenvalue weighted by atomic mass is 9.48. The van der Waals surface area contributed by atoms with E-state index in [1.807, 2.05) is 13.0 Å². The van der Waals surface area contributed by atoms with Crippen molar-refractivity contribution in [1.82, 2.24) is 0 Å². The van der Waals surface area contributed by atoms with Crippen molar-refractivity contribution in [3.05, 3.63) is 23.8 Å². The Kier molecular flexibility index (Phi) is 3.66. The fourth-order valence-corrected chi connectivity index (χ4v) is 4.15. The first-order valence-corrected chi connectivity index (χ1v) is 7.34. The fourth-order valence-electron chi connectivity index (χ4n) is 4.15. The lowest BCUT2D eigenvalue weighted by Crippen LogP contribution is -2.50. The van der Waals surface area contributed by atoms with Gasteiger partial charge in [-0.2, -0.15) is 0 Å². The molecule has 20 heavy (non-hydrogen) atoms. The lowest BCUT2D eigenvalue weighted by molar-refractivity contribution is -0.131. The molecule has 0 aliphatic heterocycles. The Hall–Kier alpha value is -1.38. The third-order valence-corrected chi connectivity index (χ3v) is 5.95. The number of hydrogen-bond acceptors (Lipinski definition) is 2. The molecule has 0 saturated heterocycles. The molecule has 1 fully saturated rings. The molecule has 0 unspecified atom stereocenters. The molecule has 110 valence electrons. The number of carboxylic acids is 1. The number of carboxylic acid groups (broad SMARTS) is 1. The van der Waals surface area contributed by atoms with Gasteiger partial charge in [-0.1, -0.05) is 32.4 Å². The quantitative estimate of drug-likeness (QED) is 0.784. The van der Waals surface area contributed by atoms with Crippen LogP contribution in [-0.2, 0) is 9.59 Å². The van der Waals surface area contributed by atoms with E-state index in [0.29, 0.717) is 12.3 Å². The Morgan fingerprint density at radius 3 is 2.70 bits per heavy atom. The predicted molar refractivity (Wildman–Crippen MR) is 78.3 cm³/mol. The third-order valence-electron chi connectivity index (χ3n) is 5.95. The van der Waals surface area contributed by atoms with Gasteiger partial charge in [0, 0.05) is 12.5 Å². The maximum atomic E-state index is 12.0. The molecule has 2 aliphatic rings. The second-order valence-corrected chi connectivity index (χ2v) is 6.95. The summed E-state index contributed by atoms with van der Waals surface area (Å²) in [4.78, 5) is 22.9. The van der Waals surface area contributed by atoms with Gasteiger partial charge in [0.2, 0.25) is 0 Å². The first-order chi connectivity index (χ1) is 9.20. The van der Waals surface area contributed by atoms with Gasteiger partial charge in [-0.15, -0.1) is 0 Å². The number of allylic oxidation sites excluding steroid dienone is 3. The average molecular weight is 276 g/mol. The highest BCUT2D eigenvalue weighted by Crippen LogP contribution is 2.60. The molecule has 0 radical (unpaired) electrons. The van der Waals surface area contributed by atoms with Gasteiger partial charge in [-0.05, 0) is 48.5 Å². The molecule has 2 aliphatic carbocycles. The number of hydrogen-bond donors (Lipinski definition) is 1. The summed E-state index contributed by atoms with van der Waals surface area (Å²) >= 11 is 0. The molecule has 3 heteroatoms. The zero-order valence-corrected chi connectivity index (χ0v) is 12.8. The van der Waals surface area contributed by atoms with Crippen LogP contribution in [0.1, 0.15) is 47.0 Å². The fraction of sp³-hybridized carbons (Fsp3) is 0.647. The van der Waals surface area contributed by atoms with Crippen LogP contribution >= 0.6 is 0 Å². The SMILES string of the molecule is CC1=CC(=O)C[C@@H]2[C@@](C)(/C=C/C(=O)O)[C@H](C)CC[C@]12C. The Morgan fingerprint density at radius 1 is 1.45 bits per heavy atom. The first-order valence-electron chi connectivity index (χ1n) is 7.34. The minimum atomic E-state index is -0.917. The second kappa shape index (κ2) is 4.87. The Labute approximate surface area is 120 Å². The highest BCUT2D eigenvalue weighted by Gasteiger charge is 2.53. The lowest BCUT2D eigenvalue weighted by Gasteiger charge is -2.56. The summed E-state index contributed by atoms with van der Waals surface area (Å²) in [6, 6.07) is 0. The van der Waals surface area contributed by atoms with Crippen molar-refractivity contribution in [3.8, 4) is 0 Å². The zero-order chi connectivity index (χ0) is 15.1. The Bertz CT molecular complexity index is 502. The van der Waals surface area contributed by atoms with Gasteiger partial charge in [0.1, 0.15) is 0 Å². The average Bonchev–Trinajstić information content (AvgIpc) is 2.36. The Balaban J connectivity index is 2.48. The van der Waals surface area contributed by atoms with Crippen molar-refractivity contribution < 1.29 is 14.7 Å². The standard InChI is InChI=1S/C17H24O3/c1-11-5-7-17(4)12(2)9-13(18)10-14(17)16(11,3)8-6-15(19)20/h6,8-9,11,14H,5,7,10H2,1-4H3,(H,19,20)/b8-6+/t11-,14-,16+,17-/m1/s1. The van der Waals surface area contributed by atoms with E-state index in [0.717, 1.165) is 18.4 Å². The molecule has 0 spiro atoms. The third kappa shape index (κ3) is 2.23. The van der Waals surface area contributed by atoms with Crippen molar-refractivity contribution in [3.63, 3.8) is 0 Å². The van der Waals surface area contributed by atoms with E-state index in [2.05, 4.69) is 20.8 Å². The van der Waals surface area contributed by atoms with Gasteiger partial charge in [-0.3, -0.25) is 4.79 Å². The summed E-state index contributed by atoms with van der Waals surface area (Å²) in [7, 11) is 0. The van der Waals surface area contributed by atoms with E-state index < -0.39 is 5.97 Å². The van der Waals surface area contributed by atoms with Crippen LogP contribution in [-0.4, -0.2) is 16.9 Å². The summed E-state index contributed by atoms with van der Waals surface area (Å²) in [6.45, 7) is 8.56. The molecule has 1 saturated carbocycles. The maximum absolute atomic E-state index is 12.0. The summed E-state index contributed by atoms with van der Waals surface area (Å²) in [5.41, 5.74) is 0.926. The molecule has 0 heterocycles. The number of ketones is 1. The molecule has 0 amide bonds. The summed E-state index contributed by atoms with van der Waals surface area (Å²) in [6.07, 6.45) is 7.53. The van der Waals surface area contributed by atoms with Crippen molar-refractivity contribution in [2.24, 2.45) is 22.7 Å². The smallest absolute Gasteiger partial charge is 0.327 e. The van der Waals surface area contributed by atoms with Crippen LogP contribution in [0.15, 0.2) is 23.8 Å². The van der Waals surface area contributed by atoms with Crippen LogP contribution in [0.25, 0.3) is 0 Å². The molecule has 0 aromatic carbocycles. The molecule has 4 atom stereocenters. The molecular weight excluding hydrogens is 252 g/mol. The normalized spacial score (nSPS) is 41.4. The van der Waals surface area contributed by atoms with E-state index in [4.69, 9.17) is 5.11 Å². The molecule has 3 nitrogen and oxygen atoms in total. The molecule has 2 rings (SSSR count). The number of rotatable bonds is 2. The zero-order valence-electron chi connectivity index (χ0n) is 12.8. The predicted octanol–water partition coefficient (Wildman–Crippen LogP) is 3.61. The number of carbonyl (C=O) groups is 2. The van der Waals surface area contributed by atoms with Crippen LogP contribution in [0, 0.1) is 22.7 Å². The van der Waals surface area contributed by atoms with Crippen LogP contribution in [0.4, 0.5) is 0 Å². The van der Waals surface area contributed by atoms with Crippen LogP contribution in [0.2, 0.25) is 0 Å². The van der Waals surface area contributed by atoms with Crippen molar-refractivity contribution in [2.45, 2.75) is 47.0 Å². The highest BCUT2D eigenvalue weighted by molar-refractivity contribution is 5.92. The largest absolute Gasteiger partial charge is 0.478 e. The molecule has 0 aromatic rings. The van der Waals surface area contributed by atoms with E-state index in [9.17, 15) is 9.59 Å². The maximum Gasteiger partial charge on any atom is 0.327 e. The molecule has 0 aromatic heterocycles.